The molecule has 0 aliphatic carbocycles. The van der Waals surface area contributed by atoms with Gasteiger partial charge in [-0.3, -0.25) is 0 Å². The first-order chi connectivity index (χ1) is 10.7. The summed E-state index contributed by atoms with van der Waals surface area (Å²) in [5, 5.41) is 0. The van der Waals surface area contributed by atoms with Gasteiger partial charge in [0.1, 0.15) is 5.82 Å². The molecular weight excluding hydrogens is 336 g/mol. The Labute approximate surface area is 139 Å². The Kier molecular flexibility index (Phi) is 4.54. The maximum absolute atomic E-state index is 5.90. The molecule has 1 aromatic heterocycles. The molecule has 3 heteroatoms. The monoisotopic (exact) mass is 352 g/mol. The van der Waals surface area contributed by atoms with Crippen molar-refractivity contribution in [3.63, 3.8) is 0 Å². The van der Waals surface area contributed by atoms with Crippen molar-refractivity contribution in [2.75, 3.05) is 5.73 Å². The summed E-state index contributed by atoms with van der Waals surface area (Å²) in [4.78, 5) is 4.58. The van der Waals surface area contributed by atoms with Crippen molar-refractivity contribution in [1.82, 2.24) is 4.98 Å². The molecule has 1 atom stereocenters. The number of nitrogens with two attached hydrogens (primary N) is 1. The molecule has 0 aliphatic heterocycles. The van der Waals surface area contributed by atoms with Gasteiger partial charge in [0.05, 0.1) is 5.69 Å². The van der Waals surface area contributed by atoms with Crippen LogP contribution >= 0.6 is 15.9 Å². The van der Waals surface area contributed by atoms with Gasteiger partial charge in [-0.05, 0) is 45.6 Å². The van der Waals surface area contributed by atoms with Gasteiger partial charge in [-0.1, -0.05) is 60.7 Å². The third-order valence-corrected chi connectivity index (χ3v) is 4.38. The van der Waals surface area contributed by atoms with Crippen LogP contribution in [0, 0.1) is 0 Å². The Balaban J connectivity index is 2.05. The maximum Gasteiger partial charge on any atom is 0.123 e. The summed E-state index contributed by atoms with van der Waals surface area (Å²) in [5.74, 6) is 0.716. The van der Waals surface area contributed by atoms with Crippen LogP contribution in [0.25, 0.3) is 0 Å². The van der Waals surface area contributed by atoms with Crippen LogP contribution in [0.4, 0.5) is 5.82 Å². The largest absolute Gasteiger partial charge is 0.384 e. The second kappa shape index (κ2) is 6.75. The fourth-order valence-corrected chi connectivity index (χ4v) is 3.12. The molecule has 1 heterocycles. The van der Waals surface area contributed by atoms with E-state index in [1.165, 1.54) is 11.1 Å². The van der Waals surface area contributed by atoms with Crippen LogP contribution in [0.5, 0.6) is 0 Å². The first-order valence-corrected chi connectivity index (χ1v) is 8.04. The van der Waals surface area contributed by atoms with Crippen LogP contribution in [0.15, 0.2) is 77.3 Å². The minimum atomic E-state index is 0.168. The molecule has 0 radical (unpaired) electrons. The van der Waals surface area contributed by atoms with Gasteiger partial charge in [-0.15, -0.1) is 0 Å². The second-order valence-corrected chi connectivity index (χ2v) is 6.11. The minimum Gasteiger partial charge on any atom is -0.384 e. The highest BCUT2D eigenvalue weighted by Crippen LogP contribution is 2.32. The number of pyridine rings is 1. The SMILES string of the molecule is Nc1ccc(Br)c(C(Cc2ccccc2)c2ccccc2)n1. The quantitative estimate of drug-likeness (QED) is 0.732. The standard InChI is InChI=1S/C19H17BrN2/c20-17-11-12-18(21)22-19(17)16(15-9-5-2-6-10-15)13-14-7-3-1-4-8-14/h1-12,16H,13H2,(H2,21,22). The van der Waals surface area contributed by atoms with Crippen LogP contribution in [0.2, 0.25) is 0 Å². The fourth-order valence-electron chi connectivity index (χ4n) is 2.63. The van der Waals surface area contributed by atoms with E-state index in [0.29, 0.717) is 5.82 Å². The molecule has 2 N–H and O–H groups in total. The van der Waals surface area contributed by atoms with E-state index in [4.69, 9.17) is 5.73 Å². The third kappa shape index (κ3) is 3.37. The normalized spacial score (nSPS) is 12.0. The molecule has 2 aromatic carbocycles. The number of aromatic nitrogens is 1. The summed E-state index contributed by atoms with van der Waals surface area (Å²) in [6, 6.07) is 24.7. The zero-order valence-corrected chi connectivity index (χ0v) is 13.7. The minimum absolute atomic E-state index is 0.168. The van der Waals surface area contributed by atoms with E-state index in [-0.39, 0.29) is 5.92 Å². The van der Waals surface area contributed by atoms with E-state index in [9.17, 15) is 0 Å². The molecule has 0 amide bonds. The topological polar surface area (TPSA) is 38.9 Å². The molecule has 22 heavy (non-hydrogen) atoms. The van der Waals surface area contributed by atoms with Gasteiger partial charge in [0.25, 0.3) is 0 Å². The number of anilines is 1. The predicted molar refractivity (Wildman–Crippen MR) is 94.8 cm³/mol. The second-order valence-electron chi connectivity index (χ2n) is 5.26. The number of hydrogen-bond acceptors (Lipinski definition) is 2. The van der Waals surface area contributed by atoms with Gasteiger partial charge < -0.3 is 5.73 Å². The zero-order valence-electron chi connectivity index (χ0n) is 12.1. The summed E-state index contributed by atoms with van der Waals surface area (Å²) in [7, 11) is 0. The maximum atomic E-state index is 5.90. The number of rotatable bonds is 4. The average molecular weight is 353 g/mol. The van der Waals surface area contributed by atoms with Crippen molar-refractivity contribution in [2.24, 2.45) is 0 Å². The summed E-state index contributed by atoms with van der Waals surface area (Å²) < 4.78 is 0.992. The van der Waals surface area contributed by atoms with E-state index in [0.717, 1.165) is 16.6 Å². The molecule has 0 fully saturated rings. The van der Waals surface area contributed by atoms with Crippen molar-refractivity contribution in [1.29, 1.82) is 0 Å². The highest BCUT2D eigenvalue weighted by molar-refractivity contribution is 9.10. The lowest BCUT2D eigenvalue weighted by atomic mass is 9.89. The van der Waals surface area contributed by atoms with Crippen LogP contribution < -0.4 is 5.73 Å². The van der Waals surface area contributed by atoms with E-state index < -0.39 is 0 Å². The zero-order chi connectivity index (χ0) is 15.4. The molecule has 3 aromatic rings. The Hall–Kier alpha value is -2.13. The molecule has 3 rings (SSSR count). The molecule has 0 saturated heterocycles. The van der Waals surface area contributed by atoms with Gasteiger partial charge in [0.2, 0.25) is 0 Å². The number of hydrogen-bond donors (Lipinski definition) is 1. The molecular formula is C19H17BrN2. The van der Waals surface area contributed by atoms with Crippen LogP contribution in [0.1, 0.15) is 22.7 Å². The molecule has 0 saturated carbocycles. The van der Waals surface area contributed by atoms with Crippen molar-refractivity contribution < 1.29 is 0 Å². The van der Waals surface area contributed by atoms with E-state index in [1.807, 2.05) is 24.3 Å². The van der Waals surface area contributed by atoms with Gasteiger partial charge in [-0.2, -0.15) is 0 Å². The van der Waals surface area contributed by atoms with E-state index in [2.05, 4.69) is 69.4 Å². The predicted octanol–water partition coefficient (Wildman–Crippen LogP) is 4.80. The lowest BCUT2D eigenvalue weighted by Gasteiger charge is -2.19. The summed E-state index contributed by atoms with van der Waals surface area (Å²) >= 11 is 3.62. The Morgan fingerprint density at radius 2 is 1.50 bits per heavy atom. The average Bonchev–Trinajstić information content (AvgIpc) is 2.57. The first kappa shape index (κ1) is 14.8. The van der Waals surface area contributed by atoms with Crippen LogP contribution in [0.3, 0.4) is 0 Å². The van der Waals surface area contributed by atoms with E-state index >= 15 is 0 Å². The van der Waals surface area contributed by atoms with Gasteiger partial charge in [-0.25, -0.2) is 4.98 Å². The lowest BCUT2D eigenvalue weighted by Crippen LogP contribution is -2.09. The smallest absolute Gasteiger partial charge is 0.123 e. The van der Waals surface area contributed by atoms with Crippen LogP contribution in [-0.4, -0.2) is 4.98 Å². The summed E-state index contributed by atoms with van der Waals surface area (Å²) in [6.07, 6.45) is 0.889. The fraction of sp³-hybridized carbons (Fsp3) is 0.105. The number of nitrogen functional groups attached to an aromatic ring is 1. The number of halogens is 1. The van der Waals surface area contributed by atoms with Gasteiger partial charge in [0.15, 0.2) is 0 Å². The van der Waals surface area contributed by atoms with Crippen molar-refractivity contribution in [3.05, 3.63) is 94.1 Å². The van der Waals surface area contributed by atoms with Crippen molar-refractivity contribution >= 4 is 21.7 Å². The van der Waals surface area contributed by atoms with E-state index in [1.54, 1.807) is 0 Å². The lowest BCUT2D eigenvalue weighted by molar-refractivity contribution is 0.770. The highest BCUT2D eigenvalue weighted by atomic mass is 79.9. The Morgan fingerprint density at radius 3 is 2.18 bits per heavy atom. The molecule has 0 aliphatic rings. The van der Waals surface area contributed by atoms with Crippen molar-refractivity contribution in [2.45, 2.75) is 12.3 Å². The molecule has 0 spiro atoms. The molecule has 110 valence electrons. The first-order valence-electron chi connectivity index (χ1n) is 7.25. The third-order valence-electron chi connectivity index (χ3n) is 3.71. The summed E-state index contributed by atoms with van der Waals surface area (Å²) in [6.45, 7) is 0. The van der Waals surface area contributed by atoms with Crippen molar-refractivity contribution in [3.8, 4) is 0 Å². The Bertz CT molecular complexity index is 742. The molecule has 1 unspecified atom stereocenters. The number of nitrogens with zero attached hydrogens (tertiary/aromatic N) is 1. The van der Waals surface area contributed by atoms with Gasteiger partial charge in [0, 0.05) is 10.4 Å². The Morgan fingerprint density at radius 1 is 0.864 bits per heavy atom. The number of benzene rings is 2. The summed E-state index contributed by atoms with van der Waals surface area (Å²) in [5.41, 5.74) is 9.41. The molecule has 2 nitrogen and oxygen atoms in total. The molecule has 0 bridgehead atoms. The highest BCUT2D eigenvalue weighted by Gasteiger charge is 2.19. The van der Waals surface area contributed by atoms with Crippen LogP contribution in [-0.2, 0) is 6.42 Å². The van der Waals surface area contributed by atoms with Gasteiger partial charge >= 0.3 is 0 Å².